The van der Waals surface area contributed by atoms with Crippen molar-refractivity contribution in [1.82, 2.24) is 4.90 Å². The molecule has 1 aliphatic rings. The van der Waals surface area contributed by atoms with Crippen LogP contribution in [0.1, 0.15) is 26.2 Å². The minimum Gasteiger partial charge on any atom is -0.368 e. The van der Waals surface area contributed by atoms with Gasteiger partial charge >= 0.3 is 0 Å². The van der Waals surface area contributed by atoms with Crippen LogP contribution in [0.5, 0.6) is 0 Å². The molecule has 0 radical (unpaired) electrons. The highest BCUT2D eigenvalue weighted by molar-refractivity contribution is 5.78. The standard InChI is InChI=1S/C7H16N4/c1-2-5-11(6-3-4-6)7(8)10-9/h6H,2-5,9H2,1H3,(H2,8,10). The highest BCUT2D eigenvalue weighted by atomic mass is 15.3. The van der Waals surface area contributed by atoms with Gasteiger partial charge in [0.15, 0.2) is 0 Å². The van der Waals surface area contributed by atoms with Crippen molar-refractivity contribution in [3.63, 3.8) is 0 Å². The molecule has 4 heteroatoms. The summed E-state index contributed by atoms with van der Waals surface area (Å²) in [6.45, 7) is 3.09. The number of hydrogen-bond acceptors (Lipinski definition) is 2. The zero-order valence-electron chi connectivity index (χ0n) is 6.95. The van der Waals surface area contributed by atoms with Gasteiger partial charge in [0.1, 0.15) is 0 Å². The molecule has 1 fully saturated rings. The van der Waals surface area contributed by atoms with Crippen molar-refractivity contribution in [3.8, 4) is 0 Å². The van der Waals surface area contributed by atoms with Gasteiger partial charge < -0.3 is 16.5 Å². The van der Waals surface area contributed by atoms with Crippen molar-refractivity contribution in [2.75, 3.05) is 6.54 Å². The summed E-state index contributed by atoms with van der Waals surface area (Å²) < 4.78 is 0. The summed E-state index contributed by atoms with van der Waals surface area (Å²) in [5.74, 6) is 5.57. The largest absolute Gasteiger partial charge is 0.368 e. The summed E-state index contributed by atoms with van der Waals surface area (Å²) in [6, 6.07) is 0.613. The fourth-order valence-electron chi connectivity index (χ4n) is 1.19. The molecule has 0 aromatic rings. The number of hydrogen-bond donors (Lipinski definition) is 2. The molecule has 64 valence electrons. The van der Waals surface area contributed by atoms with E-state index in [1.165, 1.54) is 12.8 Å². The third kappa shape index (κ3) is 2.00. The van der Waals surface area contributed by atoms with Crippen LogP contribution < -0.4 is 11.6 Å². The first-order chi connectivity index (χ1) is 5.29. The Morgan fingerprint density at radius 2 is 2.27 bits per heavy atom. The first kappa shape index (κ1) is 8.17. The first-order valence-corrected chi connectivity index (χ1v) is 4.09. The van der Waals surface area contributed by atoms with Crippen molar-refractivity contribution >= 4 is 5.96 Å². The average Bonchev–Trinajstić information content (AvgIpc) is 2.81. The Morgan fingerprint density at radius 3 is 2.64 bits per heavy atom. The van der Waals surface area contributed by atoms with Gasteiger partial charge in [0.05, 0.1) is 0 Å². The maximum absolute atomic E-state index is 5.60. The van der Waals surface area contributed by atoms with Crippen LogP contribution in [0.4, 0.5) is 0 Å². The number of hydrazone groups is 1. The quantitative estimate of drug-likeness (QED) is 0.262. The van der Waals surface area contributed by atoms with Gasteiger partial charge in [-0.05, 0) is 19.3 Å². The lowest BCUT2D eigenvalue weighted by Gasteiger charge is -2.21. The first-order valence-electron chi connectivity index (χ1n) is 4.09. The molecule has 0 atom stereocenters. The van der Waals surface area contributed by atoms with Crippen LogP contribution in [-0.2, 0) is 0 Å². The summed E-state index contributed by atoms with van der Waals surface area (Å²) in [4.78, 5) is 2.08. The van der Waals surface area contributed by atoms with Crippen LogP contribution in [0.25, 0.3) is 0 Å². The van der Waals surface area contributed by atoms with Gasteiger partial charge in [-0.3, -0.25) is 0 Å². The van der Waals surface area contributed by atoms with E-state index < -0.39 is 0 Å². The summed E-state index contributed by atoms with van der Waals surface area (Å²) in [7, 11) is 0. The third-order valence-corrected chi connectivity index (χ3v) is 1.88. The Hall–Kier alpha value is -0.930. The number of rotatable bonds is 3. The van der Waals surface area contributed by atoms with E-state index in [0.717, 1.165) is 13.0 Å². The van der Waals surface area contributed by atoms with Gasteiger partial charge in [-0.1, -0.05) is 6.92 Å². The lowest BCUT2D eigenvalue weighted by Crippen LogP contribution is -2.40. The maximum atomic E-state index is 5.60. The molecule has 0 saturated heterocycles. The van der Waals surface area contributed by atoms with Crippen LogP contribution >= 0.6 is 0 Å². The molecule has 0 amide bonds. The molecule has 0 aromatic carbocycles. The van der Waals surface area contributed by atoms with E-state index in [9.17, 15) is 0 Å². The number of guanidine groups is 1. The second-order valence-electron chi connectivity index (χ2n) is 2.91. The van der Waals surface area contributed by atoms with E-state index in [2.05, 4.69) is 16.9 Å². The number of nitrogens with zero attached hydrogens (tertiary/aromatic N) is 2. The summed E-state index contributed by atoms with van der Waals surface area (Å²) in [5.41, 5.74) is 5.60. The van der Waals surface area contributed by atoms with Gasteiger partial charge in [-0.2, -0.15) is 0 Å². The van der Waals surface area contributed by atoms with Crippen LogP contribution in [0.3, 0.4) is 0 Å². The SMILES string of the molecule is CCCN(C(N)=NN)C1CC1. The van der Waals surface area contributed by atoms with Gasteiger partial charge in [-0.15, -0.1) is 5.10 Å². The highest BCUT2D eigenvalue weighted by Gasteiger charge is 2.29. The van der Waals surface area contributed by atoms with Gasteiger partial charge in [0.2, 0.25) is 5.96 Å². The predicted molar refractivity (Wildman–Crippen MR) is 45.8 cm³/mol. The minimum atomic E-state index is 0.481. The lowest BCUT2D eigenvalue weighted by atomic mass is 10.4. The smallest absolute Gasteiger partial charge is 0.213 e. The van der Waals surface area contributed by atoms with Gasteiger partial charge in [-0.25, -0.2) is 0 Å². The molecule has 0 unspecified atom stereocenters. The van der Waals surface area contributed by atoms with Crippen LogP contribution in [0.15, 0.2) is 5.10 Å². The molecule has 0 bridgehead atoms. The normalized spacial score (nSPS) is 18.5. The molecule has 0 spiro atoms. The fraction of sp³-hybridized carbons (Fsp3) is 0.857. The van der Waals surface area contributed by atoms with Crippen LogP contribution in [0.2, 0.25) is 0 Å². The molecule has 0 aliphatic heterocycles. The monoisotopic (exact) mass is 156 g/mol. The van der Waals surface area contributed by atoms with E-state index in [1.54, 1.807) is 0 Å². The Morgan fingerprint density at radius 1 is 1.64 bits per heavy atom. The Balaban J connectivity index is 2.44. The van der Waals surface area contributed by atoms with E-state index in [1.807, 2.05) is 0 Å². The molecule has 4 nitrogen and oxygen atoms in total. The van der Waals surface area contributed by atoms with E-state index >= 15 is 0 Å². The van der Waals surface area contributed by atoms with Crippen molar-refractivity contribution in [2.45, 2.75) is 32.2 Å². The Bertz CT molecular complexity index is 151. The summed E-state index contributed by atoms with van der Waals surface area (Å²) >= 11 is 0. The fourth-order valence-corrected chi connectivity index (χ4v) is 1.19. The third-order valence-electron chi connectivity index (χ3n) is 1.88. The topological polar surface area (TPSA) is 67.6 Å². The minimum absolute atomic E-state index is 0.481. The summed E-state index contributed by atoms with van der Waals surface area (Å²) in [6.07, 6.45) is 3.55. The van der Waals surface area contributed by atoms with E-state index in [4.69, 9.17) is 11.6 Å². The molecular formula is C7H16N4. The van der Waals surface area contributed by atoms with Crippen LogP contribution in [0, 0.1) is 0 Å². The predicted octanol–water partition coefficient (Wildman–Crippen LogP) is 0.0492. The molecule has 0 aromatic heterocycles. The molecule has 1 rings (SSSR count). The maximum Gasteiger partial charge on any atom is 0.213 e. The average molecular weight is 156 g/mol. The lowest BCUT2D eigenvalue weighted by molar-refractivity contribution is 0.403. The zero-order valence-corrected chi connectivity index (χ0v) is 6.95. The van der Waals surface area contributed by atoms with Crippen molar-refractivity contribution in [3.05, 3.63) is 0 Å². The van der Waals surface area contributed by atoms with E-state index in [0.29, 0.717) is 12.0 Å². The van der Waals surface area contributed by atoms with Gasteiger partial charge in [0, 0.05) is 12.6 Å². The second-order valence-corrected chi connectivity index (χ2v) is 2.91. The summed E-state index contributed by atoms with van der Waals surface area (Å²) in [5, 5.41) is 3.49. The second kappa shape index (κ2) is 3.46. The van der Waals surface area contributed by atoms with Gasteiger partial charge in [0.25, 0.3) is 0 Å². The van der Waals surface area contributed by atoms with E-state index in [-0.39, 0.29) is 0 Å². The zero-order chi connectivity index (χ0) is 8.27. The van der Waals surface area contributed by atoms with Crippen molar-refractivity contribution in [2.24, 2.45) is 16.7 Å². The van der Waals surface area contributed by atoms with Crippen molar-refractivity contribution in [1.29, 1.82) is 0 Å². The molecule has 1 aliphatic carbocycles. The Kier molecular flexibility index (Phi) is 2.57. The van der Waals surface area contributed by atoms with Crippen molar-refractivity contribution < 1.29 is 0 Å². The number of nitrogens with two attached hydrogens (primary N) is 2. The molecule has 0 heterocycles. The highest BCUT2D eigenvalue weighted by Crippen LogP contribution is 2.26. The molecule has 11 heavy (non-hydrogen) atoms. The molecule has 1 saturated carbocycles. The molecule has 4 N–H and O–H groups in total. The van der Waals surface area contributed by atoms with Crippen LogP contribution in [-0.4, -0.2) is 23.4 Å². The Labute approximate surface area is 67.2 Å². The molecular weight excluding hydrogens is 140 g/mol.